The van der Waals surface area contributed by atoms with Crippen LogP contribution in [-0.2, 0) is 11.2 Å². The van der Waals surface area contributed by atoms with Crippen molar-refractivity contribution in [2.45, 2.75) is 38.8 Å². The van der Waals surface area contributed by atoms with Gasteiger partial charge >= 0.3 is 0 Å². The number of carbonyl (C=O) groups excluding carboxylic acids is 1. The first-order valence-corrected chi connectivity index (χ1v) is 6.81. The lowest BCUT2D eigenvalue weighted by molar-refractivity contribution is -0.120. The zero-order chi connectivity index (χ0) is 14.3. The Labute approximate surface area is 127 Å². The van der Waals surface area contributed by atoms with Crippen LogP contribution in [0.15, 0.2) is 30.3 Å². The maximum atomic E-state index is 11.3. The van der Waals surface area contributed by atoms with Crippen LogP contribution in [0.1, 0.15) is 25.8 Å². The maximum Gasteiger partial charge on any atom is 0.234 e. The molecule has 0 heterocycles. The molecule has 1 amide bonds. The summed E-state index contributed by atoms with van der Waals surface area (Å²) in [7, 11) is 0. The number of primary amides is 1. The molecular formula is C15H26ClN3O. The molecule has 20 heavy (non-hydrogen) atoms. The SMILES string of the molecule is CC(C)CC(NC[C@H](N)Cc1ccccc1)C(N)=O.Cl. The number of nitrogens with two attached hydrogens (primary N) is 2. The third-order valence-electron chi connectivity index (χ3n) is 3.02. The molecule has 0 fully saturated rings. The van der Waals surface area contributed by atoms with Crippen LogP contribution in [0, 0.1) is 5.92 Å². The monoisotopic (exact) mass is 299 g/mol. The van der Waals surface area contributed by atoms with Crippen molar-refractivity contribution in [3.8, 4) is 0 Å². The van der Waals surface area contributed by atoms with Crippen LogP contribution >= 0.6 is 12.4 Å². The summed E-state index contributed by atoms with van der Waals surface area (Å²) in [6, 6.07) is 9.79. The Balaban J connectivity index is 0.00000361. The van der Waals surface area contributed by atoms with Gasteiger partial charge < -0.3 is 16.8 Å². The summed E-state index contributed by atoms with van der Waals surface area (Å²) < 4.78 is 0. The van der Waals surface area contributed by atoms with Crippen LogP contribution in [0.3, 0.4) is 0 Å². The van der Waals surface area contributed by atoms with Crippen molar-refractivity contribution in [3.63, 3.8) is 0 Å². The fourth-order valence-electron chi connectivity index (χ4n) is 2.05. The molecule has 0 aliphatic heterocycles. The normalized spacial score (nSPS) is 13.6. The first kappa shape index (κ1) is 18.9. The molecule has 5 N–H and O–H groups in total. The number of benzene rings is 1. The van der Waals surface area contributed by atoms with Crippen molar-refractivity contribution in [1.29, 1.82) is 0 Å². The van der Waals surface area contributed by atoms with E-state index in [1.807, 2.05) is 18.2 Å². The molecule has 0 bridgehead atoms. The highest BCUT2D eigenvalue weighted by atomic mass is 35.5. The van der Waals surface area contributed by atoms with Gasteiger partial charge in [0.25, 0.3) is 0 Å². The molecule has 1 aromatic carbocycles. The standard InChI is InChI=1S/C15H25N3O.ClH/c1-11(2)8-14(15(17)19)18-10-13(16)9-12-6-4-3-5-7-12;/h3-7,11,13-14,18H,8-10,16H2,1-2H3,(H2,17,19);1H/t13-,14?;/m1./s1. The molecule has 1 unspecified atom stereocenters. The van der Waals surface area contributed by atoms with E-state index in [-0.39, 0.29) is 30.4 Å². The van der Waals surface area contributed by atoms with Crippen LogP contribution < -0.4 is 16.8 Å². The summed E-state index contributed by atoms with van der Waals surface area (Å²) in [6.07, 6.45) is 1.54. The number of amides is 1. The third-order valence-corrected chi connectivity index (χ3v) is 3.02. The Kier molecular flexibility index (Phi) is 9.21. The van der Waals surface area contributed by atoms with E-state index in [2.05, 4.69) is 31.3 Å². The van der Waals surface area contributed by atoms with Crippen molar-refractivity contribution >= 4 is 18.3 Å². The van der Waals surface area contributed by atoms with Crippen LogP contribution in [-0.4, -0.2) is 24.5 Å². The van der Waals surface area contributed by atoms with Gasteiger partial charge in [0.1, 0.15) is 0 Å². The third kappa shape index (κ3) is 7.48. The highest BCUT2D eigenvalue weighted by Crippen LogP contribution is 2.05. The number of halogens is 1. The predicted octanol–water partition coefficient (Wildman–Crippen LogP) is 1.47. The van der Waals surface area contributed by atoms with Gasteiger partial charge in [-0.2, -0.15) is 0 Å². The minimum absolute atomic E-state index is 0. The molecule has 0 saturated heterocycles. The minimum atomic E-state index is -0.305. The van der Waals surface area contributed by atoms with Crippen molar-refractivity contribution in [2.75, 3.05) is 6.54 Å². The molecule has 1 aromatic rings. The van der Waals surface area contributed by atoms with E-state index in [1.54, 1.807) is 0 Å². The van der Waals surface area contributed by atoms with Gasteiger partial charge in [0, 0.05) is 12.6 Å². The quantitative estimate of drug-likeness (QED) is 0.680. The molecule has 2 atom stereocenters. The van der Waals surface area contributed by atoms with Crippen LogP contribution in [0.5, 0.6) is 0 Å². The van der Waals surface area contributed by atoms with Gasteiger partial charge in [-0.3, -0.25) is 4.79 Å². The maximum absolute atomic E-state index is 11.3. The molecule has 0 radical (unpaired) electrons. The Hall–Kier alpha value is -1.10. The number of rotatable bonds is 8. The lowest BCUT2D eigenvalue weighted by Crippen LogP contribution is -2.47. The highest BCUT2D eigenvalue weighted by molar-refractivity contribution is 5.85. The molecule has 114 valence electrons. The number of hydrogen-bond donors (Lipinski definition) is 3. The summed E-state index contributed by atoms with van der Waals surface area (Å²) in [4.78, 5) is 11.3. The second-order valence-corrected chi connectivity index (χ2v) is 5.44. The second-order valence-electron chi connectivity index (χ2n) is 5.44. The van der Waals surface area contributed by atoms with Gasteiger partial charge in [-0.1, -0.05) is 44.2 Å². The molecule has 0 aliphatic carbocycles. The van der Waals surface area contributed by atoms with E-state index < -0.39 is 0 Å². The summed E-state index contributed by atoms with van der Waals surface area (Å²) in [5, 5.41) is 3.17. The van der Waals surface area contributed by atoms with E-state index in [1.165, 1.54) is 5.56 Å². The molecular weight excluding hydrogens is 274 g/mol. The average molecular weight is 300 g/mol. The Morgan fingerprint density at radius 2 is 1.85 bits per heavy atom. The fraction of sp³-hybridized carbons (Fsp3) is 0.533. The van der Waals surface area contributed by atoms with E-state index in [4.69, 9.17) is 11.5 Å². The Morgan fingerprint density at radius 3 is 2.35 bits per heavy atom. The smallest absolute Gasteiger partial charge is 0.234 e. The molecule has 4 nitrogen and oxygen atoms in total. The number of nitrogens with one attached hydrogen (secondary N) is 1. The molecule has 0 aromatic heterocycles. The van der Waals surface area contributed by atoms with E-state index >= 15 is 0 Å². The topological polar surface area (TPSA) is 81.1 Å². The summed E-state index contributed by atoms with van der Waals surface area (Å²) >= 11 is 0. The van der Waals surface area contributed by atoms with E-state index in [0.717, 1.165) is 12.8 Å². The largest absolute Gasteiger partial charge is 0.368 e. The van der Waals surface area contributed by atoms with Crippen molar-refractivity contribution < 1.29 is 4.79 Å². The predicted molar refractivity (Wildman–Crippen MR) is 85.8 cm³/mol. The zero-order valence-corrected chi connectivity index (χ0v) is 13.0. The first-order valence-electron chi connectivity index (χ1n) is 6.81. The second kappa shape index (κ2) is 9.75. The number of carbonyl (C=O) groups is 1. The van der Waals surface area contributed by atoms with Gasteiger partial charge in [-0.25, -0.2) is 0 Å². The minimum Gasteiger partial charge on any atom is -0.368 e. The summed E-state index contributed by atoms with van der Waals surface area (Å²) in [5.74, 6) is 0.121. The number of hydrogen-bond acceptors (Lipinski definition) is 3. The lowest BCUT2D eigenvalue weighted by Gasteiger charge is -2.20. The Bertz CT molecular complexity index is 384. The molecule has 0 saturated carbocycles. The Morgan fingerprint density at radius 1 is 1.25 bits per heavy atom. The van der Waals surface area contributed by atoms with Crippen LogP contribution in [0.25, 0.3) is 0 Å². The molecule has 0 aliphatic rings. The van der Waals surface area contributed by atoms with Crippen molar-refractivity contribution in [2.24, 2.45) is 17.4 Å². The van der Waals surface area contributed by atoms with Gasteiger partial charge in [0.15, 0.2) is 0 Å². The fourth-order valence-corrected chi connectivity index (χ4v) is 2.05. The van der Waals surface area contributed by atoms with Gasteiger partial charge in [-0.15, -0.1) is 12.4 Å². The highest BCUT2D eigenvalue weighted by Gasteiger charge is 2.17. The lowest BCUT2D eigenvalue weighted by atomic mass is 10.0. The first-order chi connectivity index (χ1) is 8.99. The van der Waals surface area contributed by atoms with Crippen LogP contribution in [0.4, 0.5) is 0 Å². The van der Waals surface area contributed by atoms with Crippen molar-refractivity contribution in [1.82, 2.24) is 5.32 Å². The van der Waals surface area contributed by atoms with E-state index in [0.29, 0.717) is 12.5 Å². The molecule has 5 heteroatoms. The van der Waals surface area contributed by atoms with Gasteiger partial charge in [0.2, 0.25) is 5.91 Å². The average Bonchev–Trinajstić information content (AvgIpc) is 2.35. The molecule has 0 spiro atoms. The zero-order valence-electron chi connectivity index (χ0n) is 12.2. The summed E-state index contributed by atoms with van der Waals surface area (Å²) in [6.45, 7) is 4.73. The molecule has 1 rings (SSSR count). The van der Waals surface area contributed by atoms with Gasteiger partial charge in [-0.05, 0) is 24.3 Å². The van der Waals surface area contributed by atoms with E-state index in [9.17, 15) is 4.79 Å². The van der Waals surface area contributed by atoms with Crippen LogP contribution in [0.2, 0.25) is 0 Å². The van der Waals surface area contributed by atoms with Gasteiger partial charge in [0.05, 0.1) is 6.04 Å². The van der Waals surface area contributed by atoms with Crippen molar-refractivity contribution in [3.05, 3.63) is 35.9 Å². The summed E-state index contributed by atoms with van der Waals surface area (Å²) in [5.41, 5.74) is 12.7.